The number of hydrogen-bond donors (Lipinski definition) is 3. The van der Waals surface area contributed by atoms with E-state index in [0.29, 0.717) is 41.1 Å². The Balaban J connectivity index is 1.38. The van der Waals surface area contributed by atoms with E-state index in [-0.39, 0.29) is 42.2 Å². The van der Waals surface area contributed by atoms with E-state index in [4.69, 9.17) is 4.74 Å². The number of carbonyl (C=O) groups excluding carboxylic acids is 3. The number of rotatable bonds is 10. The molecule has 1 atom stereocenters. The predicted molar refractivity (Wildman–Crippen MR) is 158 cm³/mol. The molecule has 10 nitrogen and oxygen atoms in total. The third-order valence-electron chi connectivity index (χ3n) is 7.87. The summed E-state index contributed by atoms with van der Waals surface area (Å²) >= 11 is 0. The maximum absolute atomic E-state index is 14.1. The van der Waals surface area contributed by atoms with Crippen molar-refractivity contribution in [1.82, 2.24) is 20.4 Å². The van der Waals surface area contributed by atoms with Crippen molar-refractivity contribution in [1.29, 1.82) is 0 Å². The maximum Gasteiger partial charge on any atom is 0.273 e. The Morgan fingerprint density at radius 3 is 2.42 bits per heavy atom. The number of anilines is 3. The lowest BCUT2D eigenvalue weighted by molar-refractivity contribution is -0.117. The molecule has 2 fully saturated rings. The number of nitrogens with one attached hydrogen (secondary N) is 3. The summed E-state index contributed by atoms with van der Waals surface area (Å²) in [5.41, 5.74) is 2.71. The number of amides is 3. The number of aromatic nitrogens is 2. The number of hydrogen-bond acceptors (Lipinski definition) is 7. The number of alkyl halides is 2. The van der Waals surface area contributed by atoms with Crippen molar-refractivity contribution in [3.8, 4) is 16.9 Å². The fourth-order valence-electron chi connectivity index (χ4n) is 5.29. The Morgan fingerprint density at radius 2 is 1.79 bits per heavy atom. The zero-order chi connectivity index (χ0) is 30.7. The van der Waals surface area contributed by atoms with Gasteiger partial charge in [0.05, 0.1) is 18.5 Å². The molecular weight excluding hydrogens is 558 g/mol. The first-order valence-corrected chi connectivity index (χ1v) is 14.2. The largest absolute Gasteiger partial charge is 0.494 e. The Morgan fingerprint density at radius 1 is 1.05 bits per heavy atom. The Labute approximate surface area is 248 Å². The van der Waals surface area contributed by atoms with Gasteiger partial charge in [-0.2, -0.15) is 0 Å². The minimum atomic E-state index is -2.74. The van der Waals surface area contributed by atoms with Gasteiger partial charge in [0.15, 0.2) is 11.5 Å². The van der Waals surface area contributed by atoms with Crippen LogP contribution in [0.2, 0.25) is 0 Å². The summed E-state index contributed by atoms with van der Waals surface area (Å²) in [6.07, 6.45) is 2.40. The molecule has 5 rings (SSSR count). The van der Waals surface area contributed by atoms with Gasteiger partial charge < -0.3 is 25.6 Å². The molecule has 0 unspecified atom stereocenters. The second kappa shape index (κ2) is 12.3. The minimum Gasteiger partial charge on any atom is -0.494 e. The van der Waals surface area contributed by atoms with Crippen molar-refractivity contribution >= 4 is 34.9 Å². The number of carbonyl (C=O) groups is 3. The van der Waals surface area contributed by atoms with Crippen molar-refractivity contribution in [3.05, 3.63) is 59.8 Å². The Kier molecular flexibility index (Phi) is 8.56. The molecule has 2 aromatic carbocycles. The van der Waals surface area contributed by atoms with Gasteiger partial charge in [-0.1, -0.05) is 24.3 Å². The lowest BCUT2D eigenvalue weighted by atomic mass is 10.0. The summed E-state index contributed by atoms with van der Waals surface area (Å²) in [4.78, 5) is 39.2. The van der Waals surface area contributed by atoms with E-state index in [0.717, 1.165) is 18.4 Å². The van der Waals surface area contributed by atoms with E-state index in [9.17, 15) is 23.2 Å². The van der Waals surface area contributed by atoms with Gasteiger partial charge in [-0.25, -0.2) is 8.78 Å². The van der Waals surface area contributed by atoms with Gasteiger partial charge >= 0.3 is 0 Å². The van der Waals surface area contributed by atoms with Crippen LogP contribution in [0.25, 0.3) is 11.1 Å². The number of methoxy groups -OCH3 is 1. The number of para-hydroxylation sites is 1. The van der Waals surface area contributed by atoms with Crippen LogP contribution in [0.5, 0.6) is 5.75 Å². The summed E-state index contributed by atoms with van der Waals surface area (Å²) in [5.74, 6) is -3.86. The van der Waals surface area contributed by atoms with Crippen LogP contribution in [0, 0.1) is 11.8 Å². The summed E-state index contributed by atoms with van der Waals surface area (Å²) < 4.78 is 34.0. The first-order chi connectivity index (χ1) is 20.6. The Hall–Kier alpha value is -4.61. The van der Waals surface area contributed by atoms with Gasteiger partial charge in [-0.3, -0.25) is 14.4 Å². The van der Waals surface area contributed by atoms with Crippen LogP contribution in [-0.4, -0.2) is 66.5 Å². The first-order valence-electron chi connectivity index (χ1n) is 14.2. The van der Waals surface area contributed by atoms with Crippen LogP contribution in [0.1, 0.15) is 53.0 Å². The van der Waals surface area contributed by atoms with Crippen molar-refractivity contribution in [2.24, 2.45) is 11.8 Å². The van der Waals surface area contributed by atoms with Gasteiger partial charge in [-0.05, 0) is 49.4 Å². The van der Waals surface area contributed by atoms with Crippen LogP contribution in [-0.2, 0) is 4.79 Å². The fourth-order valence-corrected chi connectivity index (χ4v) is 5.29. The molecule has 12 heteroatoms. The molecule has 3 N–H and O–H groups in total. The molecule has 0 saturated heterocycles. The van der Waals surface area contributed by atoms with Crippen molar-refractivity contribution in [3.63, 3.8) is 0 Å². The smallest absolute Gasteiger partial charge is 0.273 e. The summed E-state index contributed by atoms with van der Waals surface area (Å²) in [5, 5.41) is 16.5. The zero-order valence-corrected chi connectivity index (χ0v) is 24.2. The molecule has 2 aliphatic carbocycles. The van der Waals surface area contributed by atoms with E-state index in [1.165, 1.54) is 19.1 Å². The predicted octanol–water partition coefficient (Wildman–Crippen LogP) is 5.11. The molecule has 3 aromatic rings. The van der Waals surface area contributed by atoms with E-state index in [1.54, 1.807) is 49.5 Å². The standard InChI is InChI=1S/C31H34F2N6O4/c1-34-29(41)26-24(16-25(37-38-26)36-28(40)19-11-12-19)35-23-8-4-7-22(27(23)43-3)18-9-13-20(14-10-18)30(42)39(2)17-21-6-5-15-31(21,32)33/h4,7-10,13-14,16,19,21H,5-6,11-12,15,17H2,1-3H3,(H,34,41)(H2,35,36,37,40)/t21-/m1/s1. The van der Waals surface area contributed by atoms with Gasteiger partial charge in [0.1, 0.15) is 5.75 Å². The molecule has 3 amide bonds. The SMILES string of the molecule is CNC(=O)c1nnc(NC(=O)C2CC2)cc1Nc1cccc(-c2ccc(C(=O)N(C)C[C@H]3CCCC3(F)F)cc2)c1OC. The highest BCUT2D eigenvalue weighted by Gasteiger charge is 2.44. The molecule has 43 heavy (non-hydrogen) atoms. The van der Waals surface area contributed by atoms with Crippen molar-refractivity contribution < 1.29 is 27.9 Å². The third-order valence-corrected chi connectivity index (χ3v) is 7.87. The number of nitrogens with zero attached hydrogens (tertiary/aromatic N) is 3. The number of benzene rings is 2. The topological polar surface area (TPSA) is 126 Å². The highest BCUT2D eigenvalue weighted by atomic mass is 19.3. The van der Waals surface area contributed by atoms with Gasteiger partial charge in [-0.15, -0.1) is 10.2 Å². The molecule has 2 saturated carbocycles. The normalized spacial score (nSPS) is 17.2. The van der Waals surface area contributed by atoms with Gasteiger partial charge in [0.25, 0.3) is 17.7 Å². The van der Waals surface area contributed by atoms with Crippen LogP contribution in [0.4, 0.5) is 26.0 Å². The zero-order valence-electron chi connectivity index (χ0n) is 24.2. The highest BCUT2D eigenvalue weighted by Crippen LogP contribution is 2.41. The second-order valence-corrected chi connectivity index (χ2v) is 11.0. The van der Waals surface area contributed by atoms with Crippen LogP contribution in [0.3, 0.4) is 0 Å². The lowest BCUT2D eigenvalue weighted by Crippen LogP contribution is -2.37. The summed E-state index contributed by atoms with van der Waals surface area (Å²) in [6.45, 7) is 0.00298. The number of halogens is 2. The molecule has 0 aliphatic heterocycles. The van der Waals surface area contributed by atoms with Gasteiger partial charge in [0.2, 0.25) is 5.91 Å². The van der Waals surface area contributed by atoms with E-state index in [2.05, 4.69) is 26.1 Å². The highest BCUT2D eigenvalue weighted by molar-refractivity contribution is 6.00. The molecule has 0 bridgehead atoms. The van der Waals surface area contributed by atoms with E-state index < -0.39 is 17.7 Å². The molecule has 1 heterocycles. The monoisotopic (exact) mass is 592 g/mol. The van der Waals surface area contributed by atoms with Crippen LogP contribution in [0.15, 0.2) is 48.5 Å². The minimum absolute atomic E-state index is 0.00298. The van der Waals surface area contributed by atoms with E-state index in [1.807, 2.05) is 6.07 Å². The maximum atomic E-state index is 14.1. The summed E-state index contributed by atoms with van der Waals surface area (Å²) in [7, 11) is 4.54. The summed E-state index contributed by atoms with van der Waals surface area (Å²) in [6, 6.07) is 13.8. The van der Waals surface area contributed by atoms with Gasteiger partial charge in [0, 0.05) is 56.1 Å². The fraction of sp³-hybridized carbons (Fsp3) is 0.387. The average molecular weight is 593 g/mol. The number of ether oxygens (including phenoxy) is 1. The average Bonchev–Trinajstić information content (AvgIpc) is 3.81. The van der Waals surface area contributed by atoms with Crippen molar-refractivity contribution in [2.45, 2.75) is 38.0 Å². The second-order valence-electron chi connectivity index (χ2n) is 11.0. The van der Waals surface area contributed by atoms with Crippen LogP contribution >= 0.6 is 0 Å². The quantitative estimate of drug-likeness (QED) is 0.299. The Bertz CT molecular complexity index is 1530. The molecule has 0 radical (unpaired) electrons. The lowest BCUT2D eigenvalue weighted by Gasteiger charge is -2.25. The van der Waals surface area contributed by atoms with Crippen molar-refractivity contribution in [2.75, 3.05) is 38.4 Å². The van der Waals surface area contributed by atoms with Crippen LogP contribution < -0.4 is 20.7 Å². The molecular formula is C31H34F2N6O4. The molecule has 2 aliphatic rings. The molecule has 1 aromatic heterocycles. The first kappa shape index (κ1) is 29.9. The third kappa shape index (κ3) is 6.58. The van der Waals surface area contributed by atoms with E-state index >= 15 is 0 Å². The molecule has 226 valence electrons. The molecule has 0 spiro atoms.